The van der Waals surface area contributed by atoms with Gasteiger partial charge in [0, 0.05) is 32.5 Å². The number of hydrogen-bond donors (Lipinski definition) is 1. The SMILES string of the molecule is O=C1C[C@@]2(CCN(C(=O)CCCOCc3ccccc3)C2)C(=O)N1. The molecule has 128 valence electrons. The van der Waals surface area contributed by atoms with Crippen LogP contribution in [0, 0.1) is 5.41 Å². The van der Waals surface area contributed by atoms with Gasteiger partial charge in [-0.05, 0) is 18.4 Å². The van der Waals surface area contributed by atoms with Gasteiger partial charge in [0.2, 0.25) is 17.7 Å². The molecule has 0 bridgehead atoms. The van der Waals surface area contributed by atoms with Gasteiger partial charge in [-0.2, -0.15) is 0 Å². The molecule has 0 aliphatic carbocycles. The van der Waals surface area contributed by atoms with Crippen molar-refractivity contribution in [3.05, 3.63) is 35.9 Å². The summed E-state index contributed by atoms with van der Waals surface area (Å²) in [4.78, 5) is 37.3. The van der Waals surface area contributed by atoms with Crippen LogP contribution in [-0.2, 0) is 25.7 Å². The van der Waals surface area contributed by atoms with Crippen molar-refractivity contribution in [2.24, 2.45) is 5.41 Å². The molecule has 1 spiro atoms. The number of nitrogens with one attached hydrogen (secondary N) is 1. The molecule has 1 atom stereocenters. The quantitative estimate of drug-likeness (QED) is 0.629. The van der Waals surface area contributed by atoms with Gasteiger partial charge in [-0.1, -0.05) is 30.3 Å². The maximum atomic E-state index is 12.3. The molecule has 24 heavy (non-hydrogen) atoms. The van der Waals surface area contributed by atoms with E-state index in [0.29, 0.717) is 45.6 Å². The Morgan fingerprint density at radius 2 is 2.04 bits per heavy atom. The van der Waals surface area contributed by atoms with Gasteiger partial charge in [0.1, 0.15) is 0 Å². The first-order valence-electron chi connectivity index (χ1n) is 8.33. The van der Waals surface area contributed by atoms with Gasteiger partial charge in [-0.15, -0.1) is 0 Å². The number of benzene rings is 1. The lowest BCUT2D eigenvalue weighted by molar-refractivity contribution is -0.132. The van der Waals surface area contributed by atoms with Crippen molar-refractivity contribution in [2.45, 2.75) is 32.3 Å². The van der Waals surface area contributed by atoms with Crippen LogP contribution in [-0.4, -0.2) is 42.3 Å². The van der Waals surface area contributed by atoms with Crippen molar-refractivity contribution in [1.82, 2.24) is 10.2 Å². The largest absolute Gasteiger partial charge is 0.377 e. The molecule has 3 amide bonds. The van der Waals surface area contributed by atoms with Gasteiger partial charge >= 0.3 is 0 Å². The van der Waals surface area contributed by atoms with E-state index in [2.05, 4.69) is 5.32 Å². The zero-order chi connectivity index (χ0) is 17.0. The number of imide groups is 1. The zero-order valence-corrected chi connectivity index (χ0v) is 13.6. The minimum absolute atomic E-state index is 0.0299. The molecule has 6 heteroatoms. The molecule has 0 radical (unpaired) electrons. The number of rotatable bonds is 6. The normalized spacial score (nSPS) is 23.1. The second-order valence-electron chi connectivity index (χ2n) is 6.54. The first-order chi connectivity index (χ1) is 11.6. The summed E-state index contributed by atoms with van der Waals surface area (Å²) in [5, 5.41) is 2.35. The fraction of sp³-hybridized carbons (Fsp3) is 0.500. The van der Waals surface area contributed by atoms with Crippen LogP contribution in [0.2, 0.25) is 0 Å². The smallest absolute Gasteiger partial charge is 0.235 e. The van der Waals surface area contributed by atoms with Gasteiger partial charge in [0.05, 0.1) is 12.0 Å². The molecule has 2 heterocycles. The highest BCUT2D eigenvalue weighted by atomic mass is 16.5. The number of ether oxygens (including phenoxy) is 1. The van der Waals surface area contributed by atoms with Gasteiger partial charge in [-0.25, -0.2) is 0 Å². The molecule has 0 unspecified atom stereocenters. The average Bonchev–Trinajstić information content (AvgIpc) is 3.12. The molecule has 1 aromatic rings. The standard InChI is InChI=1S/C18H22N2O4/c21-15-11-18(17(23)19-15)8-9-20(13-18)16(22)7-4-10-24-12-14-5-2-1-3-6-14/h1-3,5-6H,4,7-13H2,(H,19,21,23)/t18-/m1/s1. The Bertz CT molecular complexity index is 631. The topological polar surface area (TPSA) is 75.7 Å². The highest BCUT2D eigenvalue weighted by Crippen LogP contribution is 2.37. The fourth-order valence-electron chi connectivity index (χ4n) is 3.35. The monoisotopic (exact) mass is 330 g/mol. The van der Waals surface area contributed by atoms with Crippen LogP contribution in [0.5, 0.6) is 0 Å². The van der Waals surface area contributed by atoms with Gasteiger partial charge < -0.3 is 9.64 Å². The number of carbonyl (C=O) groups is 3. The van der Waals surface area contributed by atoms with Crippen molar-refractivity contribution in [3.63, 3.8) is 0 Å². The number of hydrogen-bond acceptors (Lipinski definition) is 4. The van der Waals surface area contributed by atoms with Crippen molar-refractivity contribution in [2.75, 3.05) is 19.7 Å². The van der Waals surface area contributed by atoms with Crippen LogP contribution in [0.15, 0.2) is 30.3 Å². The van der Waals surface area contributed by atoms with Crippen molar-refractivity contribution >= 4 is 17.7 Å². The summed E-state index contributed by atoms with van der Waals surface area (Å²) in [6.45, 7) is 1.97. The molecule has 2 fully saturated rings. The van der Waals surface area contributed by atoms with E-state index in [-0.39, 0.29) is 24.1 Å². The number of nitrogens with zero attached hydrogens (tertiary/aromatic N) is 1. The molecule has 2 aliphatic heterocycles. The summed E-state index contributed by atoms with van der Waals surface area (Å²) in [5.74, 6) is -0.431. The summed E-state index contributed by atoms with van der Waals surface area (Å²) in [6, 6.07) is 9.90. The van der Waals surface area contributed by atoms with Crippen molar-refractivity contribution in [3.8, 4) is 0 Å². The third kappa shape index (κ3) is 3.64. The van der Waals surface area contributed by atoms with Crippen LogP contribution in [0.3, 0.4) is 0 Å². The lowest BCUT2D eigenvalue weighted by Crippen LogP contribution is -2.36. The van der Waals surface area contributed by atoms with E-state index in [1.807, 2.05) is 30.3 Å². The van der Waals surface area contributed by atoms with Gasteiger partial charge in [0.15, 0.2) is 0 Å². The lowest BCUT2D eigenvalue weighted by atomic mass is 9.85. The molecule has 1 aromatic carbocycles. The Hall–Kier alpha value is -2.21. The third-order valence-corrected chi connectivity index (χ3v) is 4.73. The average molecular weight is 330 g/mol. The van der Waals surface area contributed by atoms with E-state index in [9.17, 15) is 14.4 Å². The van der Waals surface area contributed by atoms with E-state index >= 15 is 0 Å². The second-order valence-corrected chi connectivity index (χ2v) is 6.54. The van der Waals surface area contributed by atoms with Crippen LogP contribution >= 0.6 is 0 Å². The highest BCUT2D eigenvalue weighted by molar-refractivity contribution is 6.06. The molecule has 0 aromatic heterocycles. The number of carbonyl (C=O) groups excluding carboxylic acids is 3. The van der Waals surface area contributed by atoms with E-state index in [1.165, 1.54) is 0 Å². The predicted molar refractivity (Wildman–Crippen MR) is 86.7 cm³/mol. The lowest BCUT2D eigenvalue weighted by Gasteiger charge is -2.20. The summed E-state index contributed by atoms with van der Waals surface area (Å²) in [5.41, 5.74) is 0.429. The van der Waals surface area contributed by atoms with Crippen LogP contribution < -0.4 is 5.32 Å². The minimum atomic E-state index is -0.684. The predicted octanol–water partition coefficient (Wildman–Crippen LogP) is 1.25. The van der Waals surface area contributed by atoms with Crippen LogP contribution in [0.25, 0.3) is 0 Å². The number of likely N-dealkylation sites (tertiary alicyclic amines) is 1. The fourth-order valence-corrected chi connectivity index (χ4v) is 3.35. The summed E-state index contributed by atoms with van der Waals surface area (Å²) < 4.78 is 5.58. The Balaban J connectivity index is 1.37. The van der Waals surface area contributed by atoms with Crippen molar-refractivity contribution < 1.29 is 19.1 Å². The first kappa shape index (κ1) is 16.6. The van der Waals surface area contributed by atoms with E-state index in [4.69, 9.17) is 4.74 Å². The van der Waals surface area contributed by atoms with Crippen LogP contribution in [0.1, 0.15) is 31.2 Å². The minimum Gasteiger partial charge on any atom is -0.377 e. The number of amides is 3. The van der Waals surface area contributed by atoms with E-state index < -0.39 is 5.41 Å². The molecule has 0 saturated carbocycles. The molecule has 2 saturated heterocycles. The maximum absolute atomic E-state index is 12.3. The van der Waals surface area contributed by atoms with E-state index in [1.54, 1.807) is 4.90 Å². The molecule has 3 rings (SSSR count). The summed E-state index contributed by atoms with van der Waals surface area (Å²) >= 11 is 0. The summed E-state index contributed by atoms with van der Waals surface area (Å²) in [6.07, 6.45) is 1.83. The Morgan fingerprint density at radius 1 is 1.25 bits per heavy atom. The van der Waals surface area contributed by atoms with Crippen LogP contribution in [0.4, 0.5) is 0 Å². The highest BCUT2D eigenvalue weighted by Gasteiger charge is 2.51. The Kier molecular flexibility index (Phi) is 4.94. The second kappa shape index (κ2) is 7.13. The van der Waals surface area contributed by atoms with Gasteiger partial charge in [0.25, 0.3) is 0 Å². The van der Waals surface area contributed by atoms with Gasteiger partial charge in [-0.3, -0.25) is 19.7 Å². The summed E-state index contributed by atoms with van der Waals surface area (Å²) in [7, 11) is 0. The Morgan fingerprint density at radius 3 is 2.75 bits per heavy atom. The molecular formula is C18H22N2O4. The molecular weight excluding hydrogens is 308 g/mol. The van der Waals surface area contributed by atoms with Crippen molar-refractivity contribution in [1.29, 1.82) is 0 Å². The maximum Gasteiger partial charge on any atom is 0.235 e. The zero-order valence-electron chi connectivity index (χ0n) is 13.6. The Labute approximate surface area is 141 Å². The molecule has 6 nitrogen and oxygen atoms in total. The first-order valence-corrected chi connectivity index (χ1v) is 8.33. The third-order valence-electron chi connectivity index (χ3n) is 4.73. The molecule has 2 aliphatic rings. The molecule has 1 N–H and O–H groups in total. The van der Waals surface area contributed by atoms with E-state index in [0.717, 1.165) is 5.56 Å².